The summed E-state index contributed by atoms with van der Waals surface area (Å²) in [6.07, 6.45) is 2.29. The summed E-state index contributed by atoms with van der Waals surface area (Å²) in [4.78, 5) is 29.8. The number of piperidine rings is 1. The molecule has 2 heterocycles. The molecule has 0 aliphatic carbocycles. The molecule has 0 spiro atoms. The van der Waals surface area contributed by atoms with E-state index in [0.29, 0.717) is 49.0 Å². The minimum absolute atomic E-state index is 0.0169. The number of nitrogens with one attached hydrogen (secondary N) is 2. The van der Waals surface area contributed by atoms with Crippen LogP contribution < -0.4 is 10.1 Å². The molecule has 2 aromatic carbocycles. The zero-order valence-corrected chi connectivity index (χ0v) is 20.2. The van der Waals surface area contributed by atoms with Gasteiger partial charge >= 0.3 is 0 Å². The quantitative estimate of drug-likeness (QED) is 0.634. The van der Waals surface area contributed by atoms with Crippen molar-refractivity contribution < 1.29 is 14.3 Å². The summed E-state index contributed by atoms with van der Waals surface area (Å²) in [5.74, 6) is 1.99. The molecule has 1 unspecified atom stereocenters. The van der Waals surface area contributed by atoms with E-state index in [1.165, 1.54) is 0 Å². The molecule has 34 heavy (non-hydrogen) atoms. The second kappa shape index (κ2) is 9.87. The van der Waals surface area contributed by atoms with E-state index in [9.17, 15) is 9.59 Å². The lowest BCUT2D eigenvalue weighted by Gasteiger charge is -2.34. The summed E-state index contributed by atoms with van der Waals surface area (Å²) in [6, 6.07) is 16.8. The number of hydrogen-bond donors (Lipinski definition) is 2. The Labute approximate surface area is 201 Å². The van der Waals surface area contributed by atoms with Gasteiger partial charge in [-0.25, -0.2) is 0 Å². The highest BCUT2D eigenvalue weighted by Crippen LogP contribution is 2.30. The van der Waals surface area contributed by atoms with Gasteiger partial charge in [0.1, 0.15) is 17.0 Å². The smallest absolute Gasteiger partial charge is 0.257 e. The maximum absolute atomic E-state index is 13.3. The average Bonchev–Trinajstić information content (AvgIpc) is 3.02. The molecule has 2 amide bonds. The molecule has 180 valence electrons. The van der Waals surface area contributed by atoms with Crippen LogP contribution >= 0.6 is 0 Å². The third-order valence-electron chi connectivity index (χ3n) is 6.63. The maximum atomic E-state index is 13.3. The van der Waals surface area contributed by atoms with Crippen LogP contribution in [0.15, 0.2) is 54.6 Å². The van der Waals surface area contributed by atoms with Crippen molar-refractivity contribution in [2.24, 2.45) is 11.8 Å². The summed E-state index contributed by atoms with van der Waals surface area (Å²) in [5.41, 5.74) is -0.153. The lowest BCUT2D eigenvalue weighted by atomic mass is 9.90. The van der Waals surface area contributed by atoms with Crippen molar-refractivity contribution in [3.63, 3.8) is 0 Å². The van der Waals surface area contributed by atoms with E-state index in [1.54, 1.807) is 11.0 Å². The first-order chi connectivity index (χ1) is 16.3. The number of para-hydroxylation sites is 2. The van der Waals surface area contributed by atoms with Crippen LogP contribution in [0.5, 0.6) is 11.5 Å². The highest BCUT2D eigenvalue weighted by atomic mass is 16.5. The predicted molar refractivity (Wildman–Crippen MR) is 132 cm³/mol. The minimum atomic E-state index is -0.704. The molecule has 0 saturated carbocycles. The van der Waals surface area contributed by atoms with E-state index in [0.717, 1.165) is 12.8 Å². The number of amides is 2. The minimum Gasteiger partial charge on any atom is -0.457 e. The molecule has 7 nitrogen and oxygen atoms in total. The molecule has 2 fully saturated rings. The lowest BCUT2D eigenvalue weighted by molar-refractivity contribution is -0.131. The molecular formula is C27H34N4O3. The number of carbonyl (C=O) groups is 2. The van der Waals surface area contributed by atoms with E-state index >= 15 is 0 Å². The third kappa shape index (κ3) is 5.08. The summed E-state index contributed by atoms with van der Waals surface area (Å²) in [7, 11) is 0. The fraction of sp³-hybridized carbons (Fsp3) is 0.444. The number of guanidine groups is 1. The van der Waals surface area contributed by atoms with Crippen LogP contribution in [-0.4, -0.2) is 52.7 Å². The summed E-state index contributed by atoms with van der Waals surface area (Å²) in [6.45, 7) is 7.82. The van der Waals surface area contributed by atoms with Crippen LogP contribution in [0.25, 0.3) is 0 Å². The van der Waals surface area contributed by atoms with Gasteiger partial charge in [-0.05, 0) is 62.3 Å². The molecule has 4 rings (SSSR count). The number of hydrogen-bond acceptors (Lipinski definition) is 4. The van der Waals surface area contributed by atoms with Gasteiger partial charge in [-0.3, -0.25) is 19.9 Å². The topological polar surface area (TPSA) is 85.7 Å². The van der Waals surface area contributed by atoms with Crippen molar-refractivity contribution in [3.8, 4) is 11.5 Å². The number of carbonyl (C=O) groups excluding carboxylic acids is 2. The fourth-order valence-corrected chi connectivity index (χ4v) is 5.01. The molecule has 7 heteroatoms. The first kappa shape index (κ1) is 23.8. The Kier molecular flexibility index (Phi) is 6.91. The Morgan fingerprint density at radius 1 is 1.12 bits per heavy atom. The van der Waals surface area contributed by atoms with Gasteiger partial charge in [-0.1, -0.05) is 44.2 Å². The largest absolute Gasteiger partial charge is 0.457 e. The Hall–Kier alpha value is -3.35. The Morgan fingerprint density at radius 2 is 1.76 bits per heavy atom. The Balaban J connectivity index is 1.36. The number of ether oxygens (including phenoxy) is 1. The zero-order valence-electron chi connectivity index (χ0n) is 20.2. The molecule has 2 aliphatic heterocycles. The summed E-state index contributed by atoms with van der Waals surface area (Å²) in [5, 5.41) is 11.4. The monoisotopic (exact) mass is 462 g/mol. The molecule has 1 atom stereocenters. The van der Waals surface area contributed by atoms with Gasteiger partial charge < -0.3 is 15.0 Å². The third-order valence-corrected chi connectivity index (χ3v) is 6.63. The Morgan fingerprint density at radius 3 is 2.44 bits per heavy atom. The summed E-state index contributed by atoms with van der Waals surface area (Å²) < 4.78 is 5.98. The second-order valence-electron chi connectivity index (χ2n) is 9.97. The normalized spacial score (nSPS) is 21.2. The molecule has 2 saturated heterocycles. The standard InChI is InChI=1S/C27H34N4O3/c1-19(2)17-27(3)25(33)31(26(28)29-27)18-20-13-15-30(16-14-20)24(32)22-11-7-8-12-23(22)34-21-9-5-4-6-10-21/h4-12,19-20H,13-18H2,1-3H3,(H2,28,29). The first-order valence-electron chi connectivity index (χ1n) is 12.1. The van der Waals surface area contributed by atoms with Crippen molar-refractivity contribution in [1.29, 1.82) is 5.41 Å². The first-order valence-corrected chi connectivity index (χ1v) is 12.1. The van der Waals surface area contributed by atoms with Gasteiger partial charge in [0, 0.05) is 19.6 Å². The average molecular weight is 463 g/mol. The molecule has 2 N–H and O–H groups in total. The van der Waals surface area contributed by atoms with Crippen molar-refractivity contribution in [2.45, 2.75) is 45.6 Å². The van der Waals surface area contributed by atoms with Crippen molar-refractivity contribution in [2.75, 3.05) is 19.6 Å². The molecule has 0 radical (unpaired) electrons. The zero-order chi connectivity index (χ0) is 24.3. The van der Waals surface area contributed by atoms with Crippen LogP contribution in [0, 0.1) is 17.2 Å². The van der Waals surface area contributed by atoms with E-state index in [4.69, 9.17) is 10.1 Å². The van der Waals surface area contributed by atoms with E-state index in [1.807, 2.05) is 60.4 Å². The van der Waals surface area contributed by atoms with Gasteiger partial charge in [-0.15, -0.1) is 0 Å². The van der Waals surface area contributed by atoms with Gasteiger partial charge in [0.05, 0.1) is 5.56 Å². The van der Waals surface area contributed by atoms with Gasteiger partial charge in [-0.2, -0.15) is 0 Å². The van der Waals surface area contributed by atoms with Crippen LogP contribution in [0.2, 0.25) is 0 Å². The molecule has 0 aromatic heterocycles. The van der Waals surface area contributed by atoms with Crippen LogP contribution in [0.3, 0.4) is 0 Å². The van der Waals surface area contributed by atoms with E-state index in [2.05, 4.69) is 19.2 Å². The van der Waals surface area contributed by atoms with Crippen molar-refractivity contribution in [1.82, 2.24) is 15.1 Å². The summed E-state index contributed by atoms with van der Waals surface area (Å²) >= 11 is 0. The lowest BCUT2D eigenvalue weighted by Crippen LogP contribution is -2.46. The predicted octanol–water partition coefficient (Wildman–Crippen LogP) is 4.50. The van der Waals surface area contributed by atoms with Gasteiger partial charge in [0.2, 0.25) is 0 Å². The number of rotatable bonds is 7. The molecule has 2 aromatic rings. The van der Waals surface area contributed by atoms with E-state index < -0.39 is 5.54 Å². The number of nitrogens with zero attached hydrogens (tertiary/aromatic N) is 2. The molecule has 2 aliphatic rings. The van der Waals surface area contributed by atoms with Gasteiger partial charge in [0.25, 0.3) is 11.8 Å². The van der Waals surface area contributed by atoms with Crippen LogP contribution in [-0.2, 0) is 4.79 Å². The number of likely N-dealkylation sites (tertiary alicyclic amines) is 1. The highest BCUT2D eigenvalue weighted by molar-refractivity contribution is 6.07. The van der Waals surface area contributed by atoms with Crippen LogP contribution in [0.4, 0.5) is 0 Å². The Bertz CT molecular complexity index is 1050. The SMILES string of the molecule is CC(C)CC1(C)NC(=N)N(CC2CCN(C(=O)c3ccccc3Oc3ccccc3)CC2)C1=O. The molecular weight excluding hydrogens is 428 g/mol. The highest BCUT2D eigenvalue weighted by Gasteiger charge is 2.46. The molecule has 0 bridgehead atoms. The van der Waals surface area contributed by atoms with Crippen molar-refractivity contribution in [3.05, 3.63) is 60.2 Å². The second-order valence-corrected chi connectivity index (χ2v) is 9.97. The van der Waals surface area contributed by atoms with Crippen LogP contribution in [0.1, 0.15) is 50.4 Å². The fourth-order valence-electron chi connectivity index (χ4n) is 5.01. The van der Waals surface area contributed by atoms with Crippen molar-refractivity contribution >= 4 is 17.8 Å². The van der Waals surface area contributed by atoms with E-state index in [-0.39, 0.29) is 23.7 Å². The number of benzene rings is 2. The maximum Gasteiger partial charge on any atom is 0.257 e. The van der Waals surface area contributed by atoms with Gasteiger partial charge in [0.15, 0.2) is 5.96 Å².